The molecule has 0 spiro atoms. The third-order valence-electron chi connectivity index (χ3n) is 3.50. The number of anilines is 2. The van der Waals surface area contributed by atoms with E-state index in [1.54, 1.807) is 6.07 Å². The molecule has 3 N–H and O–H groups in total. The monoisotopic (exact) mass is 259 g/mol. The predicted octanol–water partition coefficient (Wildman–Crippen LogP) is 0.800. The fourth-order valence-corrected chi connectivity index (χ4v) is 2.23. The molecule has 0 amide bonds. The third kappa shape index (κ3) is 3.85. The van der Waals surface area contributed by atoms with E-state index in [1.807, 2.05) is 12.1 Å². The molecule has 1 saturated heterocycles. The molecule has 0 radical (unpaired) electrons. The molecular weight excluding hydrogens is 238 g/mol. The Balaban J connectivity index is 1.81. The Labute approximate surface area is 114 Å². The van der Waals surface area contributed by atoms with Gasteiger partial charge in [0.2, 0.25) is 0 Å². The number of piperazine rings is 1. The second-order valence-corrected chi connectivity index (χ2v) is 4.99. The quantitative estimate of drug-likeness (QED) is 0.783. The molecule has 0 aliphatic carbocycles. The number of rotatable bonds is 4. The number of nitriles is 1. The highest BCUT2D eigenvalue weighted by molar-refractivity contribution is 5.62. The van der Waals surface area contributed by atoms with Crippen LogP contribution in [0.3, 0.4) is 0 Å². The first-order chi connectivity index (χ1) is 9.19. The summed E-state index contributed by atoms with van der Waals surface area (Å²) >= 11 is 0. The van der Waals surface area contributed by atoms with Crippen LogP contribution in [0.15, 0.2) is 18.2 Å². The van der Waals surface area contributed by atoms with Gasteiger partial charge in [-0.2, -0.15) is 5.26 Å². The summed E-state index contributed by atoms with van der Waals surface area (Å²) in [4.78, 5) is 4.79. The smallest absolute Gasteiger partial charge is 0.101 e. The minimum absolute atomic E-state index is 0.610. The summed E-state index contributed by atoms with van der Waals surface area (Å²) < 4.78 is 0. The van der Waals surface area contributed by atoms with Crippen molar-refractivity contribution in [2.24, 2.45) is 0 Å². The number of nitrogen functional groups attached to an aromatic ring is 1. The Morgan fingerprint density at radius 1 is 1.32 bits per heavy atom. The van der Waals surface area contributed by atoms with Crippen molar-refractivity contribution < 1.29 is 0 Å². The van der Waals surface area contributed by atoms with Gasteiger partial charge in [-0.15, -0.1) is 0 Å². The van der Waals surface area contributed by atoms with E-state index in [0.29, 0.717) is 11.3 Å². The summed E-state index contributed by atoms with van der Waals surface area (Å²) in [5.41, 5.74) is 7.77. The van der Waals surface area contributed by atoms with Crippen molar-refractivity contribution in [2.75, 3.05) is 57.4 Å². The molecule has 1 aliphatic heterocycles. The highest BCUT2D eigenvalue weighted by atomic mass is 15.2. The molecule has 1 aromatic carbocycles. The van der Waals surface area contributed by atoms with Gasteiger partial charge in [-0.3, -0.25) is 4.90 Å². The zero-order chi connectivity index (χ0) is 13.7. The molecule has 1 aliphatic rings. The number of likely N-dealkylation sites (N-methyl/N-ethyl adjacent to an activating group) is 1. The van der Waals surface area contributed by atoms with Crippen molar-refractivity contribution >= 4 is 11.4 Å². The van der Waals surface area contributed by atoms with Gasteiger partial charge in [-0.25, -0.2) is 0 Å². The predicted molar refractivity (Wildman–Crippen MR) is 78.0 cm³/mol. The van der Waals surface area contributed by atoms with Crippen LogP contribution in [0.5, 0.6) is 0 Å². The summed E-state index contributed by atoms with van der Waals surface area (Å²) in [6.45, 7) is 6.35. The van der Waals surface area contributed by atoms with Gasteiger partial charge < -0.3 is 16.0 Å². The van der Waals surface area contributed by atoms with Crippen molar-refractivity contribution in [2.45, 2.75) is 0 Å². The molecule has 2 rings (SSSR count). The first kappa shape index (κ1) is 13.7. The van der Waals surface area contributed by atoms with Crippen molar-refractivity contribution in [1.29, 1.82) is 5.26 Å². The topological polar surface area (TPSA) is 68.3 Å². The molecular formula is C14H21N5. The number of nitrogens with two attached hydrogens (primary N) is 1. The van der Waals surface area contributed by atoms with Crippen LogP contribution in [0, 0.1) is 11.3 Å². The highest BCUT2D eigenvalue weighted by Gasteiger charge is 2.12. The van der Waals surface area contributed by atoms with E-state index in [2.05, 4.69) is 28.2 Å². The fourth-order valence-electron chi connectivity index (χ4n) is 2.23. The summed E-state index contributed by atoms with van der Waals surface area (Å²) in [5, 5.41) is 12.4. The number of nitrogens with zero attached hydrogens (tertiary/aromatic N) is 3. The van der Waals surface area contributed by atoms with E-state index in [4.69, 9.17) is 11.0 Å². The Morgan fingerprint density at radius 2 is 2.05 bits per heavy atom. The molecule has 1 heterocycles. The number of hydrogen-bond donors (Lipinski definition) is 2. The van der Waals surface area contributed by atoms with Gasteiger partial charge in [0.15, 0.2) is 0 Å². The van der Waals surface area contributed by atoms with Gasteiger partial charge >= 0.3 is 0 Å². The van der Waals surface area contributed by atoms with Crippen LogP contribution in [0.25, 0.3) is 0 Å². The molecule has 0 saturated carbocycles. The average molecular weight is 259 g/mol. The summed E-state index contributed by atoms with van der Waals surface area (Å²) in [7, 11) is 2.16. The maximum atomic E-state index is 9.06. The van der Waals surface area contributed by atoms with Crippen molar-refractivity contribution in [3.8, 4) is 6.07 Å². The second kappa shape index (κ2) is 6.41. The van der Waals surface area contributed by atoms with Crippen molar-refractivity contribution in [3.63, 3.8) is 0 Å². The molecule has 5 nitrogen and oxygen atoms in total. The minimum Gasteiger partial charge on any atom is -0.399 e. The van der Waals surface area contributed by atoms with E-state index >= 15 is 0 Å². The maximum Gasteiger partial charge on any atom is 0.101 e. The zero-order valence-electron chi connectivity index (χ0n) is 11.4. The number of benzene rings is 1. The first-order valence-electron chi connectivity index (χ1n) is 6.63. The van der Waals surface area contributed by atoms with E-state index in [9.17, 15) is 0 Å². The molecule has 1 aromatic rings. The van der Waals surface area contributed by atoms with Gasteiger partial charge in [-0.05, 0) is 25.2 Å². The zero-order valence-corrected chi connectivity index (χ0v) is 11.4. The summed E-state index contributed by atoms with van der Waals surface area (Å²) in [6, 6.07) is 7.57. The lowest BCUT2D eigenvalue weighted by Crippen LogP contribution is -2.45. The highest BCUT2D eigenvalue weighted by Crippen LogP contribution is 2.17. The molecule has 19 heavy (non-hydrogen) atoms. The van der Waals surface area contributed by atoms with Crippen molar-refractivity contribution in [1.82, 2.24) is 9.80 Å². The molecule has 5 heteroatoms. The van der Waals surface area contributed by atoms with Crippen LogP contribution < -0.4 is 11.1 Å². The number of hydrogen-bond acceptors (Lipinski definition) is 5. The van der Waals surface area contributed by atoms with Crippen LogP contribution in [0.1, 0.15) is 5.56 Å². The van der Waals surface area contributed by atoms with Crippen molar-refractivity contribution in [3.05, 3.63) is 23.8 Å². The lowest BCUT2D eigenvalue weighted by Gasteiger charge is -2.32. The second-order valence-electron chi connectivity index (χ2n) is 4.99. The van der Waals surface area contributed by atoms with Gasteiger partial charge in [-0.1, -0.05) is 0 Å². The summed E-state index contributed by atoms with van der Waals surface area (Å²) in [6.07, 6.45) is 0. The van der Waals surface area contributed by atoms with E-state index in [-0.39, 0.29) is 0 Å². The third-order valence-corrected chi connectivity index (χ3v) is 3.50. The Bertz CT molecular complexity index is 457. The van der Waals surface area contributed by atoms with Crippen LogP contribution in [-0.4, -0.2) is 56.1 Å². The van der Waals surface area contributed by atoms with Gasteiger partial charge in [0.05, 0.1) is 11.3 Å². The number of nitrogens with one attached hydrogen (secondary N) is 1. The molecule has 0 aromatic heterocycles. The Hall–Kier alpha value is -1.77. The standard InChI is InChI=1S/C14H21N5/c1-18-6-8-19(9-7-18)5-4-17-14-3-2-13(16)10-12(14)11-15/h2-3,10,17H,4-9,16H2,1H3. The minimum atomic E-state index is 0.610. The molecule has 0 atom stereocenters. The SMILES string of the molecule is CN1CCN(CCNc2ccc(N)cc2C#N)CC1. The molecule has 1 fully saturated rings. The Morgan fingerprint density at radius 3 is 2.74 bits per heavy atom. The largest absolute Gasteiger partial charge is 0.399 e. The van der Waals surface area contributed by atoms with Crippen LogP contribution in [-0.2, 0) is 0 Å². The van der Waals surface area contributed by atoms with Crippen LogP contribution in [0.2, 0.25) is 0 Å². The molecule has 102 valence electrons. The van der Waals surface area contributed by atoms with Crippen LogP contribution in [0.4, 0.5) is 11.4 Å². The average Bonchev–Trinajstić information content (AvgIpc) is 2.42. The maximum absolute atomic E-state index is 9.06. The van der Waals surface area contributed by atoms with E-state index in [0.717, 1.165) is 45.0 Å². The normalized spacial score (nSPS) is 17.1. The lowest BCUT2D eigenvalue weighted by molar-refractivity contribution is 0.158. The lowest BCUT2D eigenvalue weighted by atomic mass is 10.1. The summed E-state index contributed by atoms with van der Waals surface area (Å²) in [5.74, 6) is 0. The van der Waals surface area contributed by atoms with Crippen LogP contribution >= 0.6 is 0 Å². The fraction of sp³-hybridized carbons (Fsp3) is 0.500. The van der Waals surface area contributed by atoms with Gasteiger partial charge in [0.1, 0.15) is 6.07 Å². The van der Waals surface area contributed by atoms with Gasteiger partial charge in [0, 0.05) is 45.0 Å². The van der Waals surface area contributed by atoms with E-state index < -0.39 is 0 Å². The Kier molecular flexibility index (Phi) is 4.61. The molecule has 0 unspecified atom stereocenters. The molecule has 0 bridgehead atoms. The first-order valence-corrected chi connectivity index (χ1v) is 6.63. The van der Waals surface area contributed by atoms with E-state index in [1.165, 1.54) is 0 Å². The van der Waals surface area contributed by atoms with Gasteiger partial charge in [0.25, 0.3) is 0 Å².